The molecule has 0 saturated heterocycles. The number of nitrogen functional groups attached to an aromatic ring is 1. The lowest BCUT2D eigenvalue weighted by Gasteiger charge is -2.07. The zero-order valence-corrected chi connectivity index (χ0v) is 17.7. The van der Waals surface area contributed by atoms with E-state index in [0.29, 0.717) is 16.9 Å². The van der Waals surface area contributed by atoms with Gasteiger partial charge in [0.1, 0.15) is 0 Å². The Balaban J connectivity index is 1.48. The number of hydrogen-bond donors (Lipinski definition) is 2. The Bertz CT molecular complexity index is 1380. The number of nitrogens with zero attached hydrogens (tertiary/aromatic N) is 2. The lowest BCUT2D eigenvalue weighted by molar-refractivity contribution is -0.111. The quantitative estimate of drug-likeness (QED) is 0.345. The number of nitrogens with two attached hydrogens (primary N) is 1. The summed E-state index contributed by atoms with van der Waals surface area (Å²) in [7, 11) is -3.76. The van der Waals surface area contributed by atoms with E-state index in [1.54, 1.807) is 67.0 Å². The van der Waals surface area contributed by atoms with Gasteiger partial charge in [-0.1, -0.05) is 24.3 Å². The van der Waals surface area contributed by atoms with E-state index in [9.17, 15) is 13.2 Å². The zero-order valence-electron chi connectivity index (χ0n) is 16.9. The van der Waals surface area contributed by atoms with Gasteiger partial charge < -0.3 is 11.1 Å². The van der Waals surface area contributed by atoms with Gasteiger partial charge in [-0.15, -0.1) is 0 Å². The third-order valence-electron chi connectivity index (χ3n) is 4.78. The molecule has 0 atom stereocenters. The van der Waals surface area contributed by atoms with E-state index in [1.807, 2.05) is 12.1 Å². The van der Waals surface area contributed by atoms with Crippen LogP contribution in [0.3, 0.4) is 0 Å². The molecule has 0 radical (unpaired) electrons. The van der Waals surface area contributed by atoms with Crippen LogP contribution >= 0.6 is 0 Å². The van der Waals surface area contributed by atoms with E-state index in [4.69, 9.17) is 5.73 Å². The van der Waals surface area contributed by atoms with Gasteiger partial charge in [-0.25, -0.2) is 12.4 Å². The highest BCUT2D eigenvalue weighted by atomic mass is 32.2. The van der Waals surface area contributed by atoms with Gasteiger partial charge in [0.05, 0.1) is 16.3 Å². The fourth-order valence-corrected chi connectivity index (χ4v) is 4.29. The van der Waals surface area contributed by atoms with Crippen LogP contribution in [-0.2, 0) is 14.8 Å². The van der Waals surface area contributed by atoms with Crippen LogP contribution in [0.1, 0.15) is 5.56 Å². The summed E-state index contributed by atoms with van der Waals surface area (Å²) in [6.07, 6.45) is 9.12. The maximum Gasteiger partial charge on any atom is 0.267 e. The summed E-state index contributed by atoms with van der Waals surface area (Å²) in [5.74, 6) is -0.370. The molecule has 0 saturated carbocycles. The van der Waals surface area contributed by atoms with E-state index < -0.39 is 10.0 Å². The van der Waals surface area contributed by atoms with Crippen LogP contribution in [0.2, 0.25) is 0 Å². The Kier molecular flexibility index (Phi) is 5.87. The number of anilines is 2. The lowest BCUT2D eigenvalue weighted by Crippen LogP contribution is -2.10. The van der Waals surface area contributed by atoms with Gasteiger partial charge in [0.2, 0.25) is 5.91 Å². The molecule has 3 N–H and O–H groups in total. The molecule has 4 aromatic rings. The summed E-state index contributed by atoms with van der Waals surface area (Å²) in [6, 6.07) is 18.9. The third-order valence-corrected chi connectivity index (χ3v) is 6.43. The highest BCUT2D eigenvalue weighted by Crippen LogP contribution is 2.22. The molecule has 0 aliphatic heterocycles. The summed E-state index contributed by atoms with van der Waals surface area (Å²) in [5.41, 5.74) is 9.20. The molecule has 2 aromatic heterocycles. The first-order valence-corrected chi connectivity index (χ1v) is 11.1. The van der Waals surface area contributed by atoms with Crippen molar-refractivity contribution in [2.45, 2.75) is 4.90 Å². The monoisotopic (exact) mass is 444 g/mol. The van der Waals surface area contributed by atoms with Crippen LogP contribution in [0.4, 0.5) is 11.4 Å². The molecule has 1 amide bonds. The Morgan fingerprint density at radius 2 is 1.62 bits per heavy atom. The average molecular weight is 445 g/mol. The number of carbonyl (C=O) groups excluding carboxylic acids is 1. The molecular formula is C24H20N4O3S. The van der Waals surface area contributed by atoms with Crippen molar-refractivity contribution < 1.29 is 13.2 Å². The largest absolute Gasteiger partial charge is 0.397 e. The predicted molar refractivity (Wildman–Crippen MR) is 125 cm³/mol. The van der Waals surface area contributed by atoms with E-state index in [1.165, 1.54) is 24.5 Å². The topological polar surface area (TPSA) is 107 Å². The Hall–Kier alpha value is -4.17. The van der Waals surface area contributed by atoms with Crippen molar-refractivity contribution in [3.63, 3.8) is 0 Å². The number of benzene rings is 2. The Morgan fingerprint density at radius 1 is 0.938 bits per heavy atom. The van der Waals surface area contributed by atoms with Gasteiger partial charge in [-0.2, -0.15) is 0 Å². The first-order valence-electron chi connectivity index (χ1n) is 9.71. The molecule has 32 heavy (non-hydrogen) atoms. The normalized spacial score (nSPS) is 11.5. The van der Waals surface area contributed by atoms with Gasteiger partial charge in [0.15, 0.2) is 0 Å². The molecular weight excluding hydrogens is 424 g/mol. The number of aromatic nitrogens is 2. The molecule has 2 heterocycles. The van der Waals surface area contributed by atoms with Crippen molar-refractivity contribution >= 4 is 33.4 Å². The molecule has 0 aliphatic rings. The van der Waals surface area contributed by atoms with Gasteiger partial charge in [-0.05, 0) is 65.2 Å². The minimum Gasteiger partial charge on any atom is -0.397 e. The van der Waals surface area contributed by atoms with Crippen molar-refractivity contribution in [3.8, 4) is 11.1 Å². The second kappa shape index (κ2) is 8.91. The summed E-state index contributed by atoms with van der Waals surface area (Å²) < 4.78 is 27.0. The van der Waals surface area contributed by atoms with Crippen LogP contribution in [0.5, 0.6) is 0 Å². The van der Waals surface area contributed by atoms with E-state index in [2.05, 4.69) is 10.3 Å². The summed E-state index contributed by atoms with van der Waals surface area (Å²) >= 11 is 0. The van der Waals surface area contributed by atoms with Gasteiger partial charge in [-0.3, -0.25) is 9.78 Å². The Morgan fingerprint density at radius 3 is 2.34 bits per heavy atom. The molecule has 160 valence electrons. The lowest BCUT2D eigenvalue weighted by atomic mass is 10.1. The first-order chi connectivity index (χ1) is 15.4. The smallest absolute Gasteiger partial charge is 0.267 e. The van der Waals surface area contributed by atoms with Crippen LogP contribution < -0.4 is 11.1 Å². The number of nitrogens with one attached hydrogen (secondary N) is 1. The second-order valence-corrected chi connectivity index (χ2v) is 8.79. The van der Waals surface area contributed by atoms with Crippen molar-refractivity contribution in [3.05, 3.63) is 103 Å². The van der Waals surface area contributed by atoms with Crippen LogP contribution in [0.25, 0.3) is 17.2 Å². The van der Waals surface area contributed by atoms with Crippen molar-refractivity contribution in [2.75, 3.05) is 11.1 Å². The van der Waals surface area contributed by atoms with Crippen LogP contribution in [0, 0.1) is 0 Å². The fourth-order valence-electron chi connectivity index (χ4n) is 3.08. The molecule has 4 rings (SSSR count). The highest BCUT2D eigenvalue weighted by molar-refractivity contribution is 7.90. The standard InChI is InChI=1S/C24H20N4O3S/c25-22-3-1-2-4-23(22)27-24(29)10-5-18-13-16-28(17-18)32(30,31)21-8-6-19(7-9-21)20-11-14-26-15-12-20/h1-17H,25H2,(H,27,29)/b10-5+. The van der Waals surface area contributed by atoms with Crippen molar-refractivity contribution in [1.29, 1.82) is 0 Å². The SMILES string of the molecule is Nc1ccccc1NC(=O)/C=C/c1ccn(S(=O)(=O)c2ccc(-c3ccncc3)cc2)c1. The number of hydrogen-bond acceptors (Lipinski definition) is 5. The maximum absolute atomic E-state index is 12.9. The van der Waals surface area contributed by atoms with Gasteiger partial charge in [0.25, 0.3) is 10.0 Å². The summed E-state index contributed by atoms with van der Waals surface area (Å²) in [6.45, 7) is 0. The van der Waals surface area contributed by atoms with E-state index in [-0.39, 0.29) is 10.8 Å². The number of para-hydroxylation sites is 2. The second-order valence-electron chi connectivity index (χ2n) is 6.95. The maximum atomic E-state index is 12.9. The molecule has 0 aliphatic carbocycles. The molecule has 0 fully saturated rings. The predicted octanol–water partition coefficient (Wildman–Crippen LogP) is 4.02. The molecule has 0 spiro atoms. The molecule has 0 bridgehead atoms. The number of rotatable bonds is 6. The third kappa shape index (κ3) is 4.60. The van der Waals surface area contributed by atoms with E-state index >= 15 is 0 Å². The first kappa shape index (κ1) is 21.1. The summed E-state index contributed by atoms with van der Waals surface area (Å²) in [4.78, 5) is 16.3. The van der Waals surface area contributed by atoms with Gasteiger partial charge >= 0.3 is 0 Å². The molecule has 2 aromatic carbocycles. The molecule has 0 unspecified atom stereocenters. The minimum atomic E-state index is -3.76. The number of pyridine rings is 1. The fraction of sp³-hybridized carbons (Fsp3) is 0. The van der Waals surface area contributed by atoms with Crippen molar-refractivity contribution in [2.24, 2.45) is 0 Å². The average Bonchev–Trinajstić information content (AvgIpc) is 3.30. The Labute approximate surface area is 185 Å². The van der Waals surface area contributed by atoms with Crippen LogP contribution in [-0.4, -0.2) is 23.3 Å². The zero-order chi connectivity index (χ0) is 22.6. The van der Waals surface area contributed by atoms with Crippen LogP contribution in [0.15, 0.2) is 102 Å². The molecule has 7 nitrogen and oxygen atoms in total. The highest BCUT2D eigenvalue weighted by Gasteiger charge is 2.16. The molecule has 8 heteroatoms. The van der Waals surface area contributed by atoms with E-state index in [0.717, 1.165) is 15.1 Å². The summed E-state index contributed by atoms with van der Waals surface area (Å²) in [5, 5.41) is 2.68. The number of amides is 1. The minimum absolute atomic E-state index is 0.165. The van der Waals surface area contributed by atoms with Crippen molar-refractivity contribution in [1.82, 2.24) is 8.96 Å². The number of carbonyl (C=O) groups is 1. The van der Waals surface area contributed by atoms with Gasteiger partial charge in [0, 0.05) is 30.9 Å².